The summed E-state index contributed by atoms with van der Waals surface area (Å²) in [5, 5.41) is 7.76. The third-order valence-corrected chi connectivity index (χ3v) is 5.05. The molecule has 1 amide bonds. The maximum atomic E-state index is 11.8. The second kappa shape index (κ2) is 6.04. The van der Waals surface area contributed by atoms with Crippen LogP contribution in [0.3, 0.4) is 0 Å². The minimum atomic E-state index is -3.68. The van der Waals surface area contributed by atoms with Gasteiger partial charge in [0.25, 0.3) is 5.91 Å². The number of thiophene rings is 1. The number of primary sulfonamides is 1. The SMILES string of the molecule is NS(=O)(=O)c1ccc(CNC(=O)c2ccc(Br)s2)cc1. The maximum Gasteiger partial charge on any atom is 0.261 e. The van der Waals surface area contributed by atoms with Gasteiger partial charge in [-0.1, -0.05) is 12.1 Å². The molecular formula is C12H11BrN2O3S2. The van der Waals surface area contributed by atoms with Gasteiger partial charge in [0.2, 0.25) is 10.0 Å². The molecule has 1 aromatic heterocycles. The van der Waals surface area contributed by atoms with Crippen LogP contribution in [-0.4, -0.2) is 14.3 Å². The molecule has 0 saturated heterocycles. The number of rotatable bonds is 4. The van der Waals surface area contributed by atoms with Crippen LogP contribution < -0.4 is 10.5 Å². The first-order valence-corrected chi connectivity index (χ1v) is 8.67. The number of halogens is 1. The van der Waals surface area contributed by atoms with E-state index in [2.05, 4.69) is 21.2 Å². The monoisotopic (exact) mass is 374 g/mol. The van der Waals surface area contributed by atoms with Gasteiger partial charge in [-0.25, -0.2) is 13.6 Å². The highest BCUT2D eigenvalue weighted by Gasteiger charge is 2.09. The second-order valence-corrected chi connectivity index (χ2v) is 8.00. The molecule has 2 rings (SSSR count). The van der Waals surface area contributed by atoms with Crippen molar-refractivity contribution in [1.82, 2.24) is 5.32 Å². The Balaban J connectivity index is 1.99. The van der Waals surface area contributed by atoms with Gasteiger partial charge in [-0.15, -0.1) is 11.3 Å². The summed E-state index contributed by atoms with van der Waals surface area (Å²) in [5.41, 5.74) is 0.793. The van der Waals surface area contributed by atoms with Crippen molar-refractivity contribution in [2.24, 2.45) is 5.14 Å². The molecule has 106 valence electrons. The Morgan fingerprint density at radius 3 is 2.35 bits per heavy atom. The molecule has 0 radical (unpaired) electrons. The van der Waals surface area contributed by atoms with E-state index < -0.39 is 10.0 Å². The Bertz CT molecular complexity index is 723. The number of hydrogen-bond acceptors (Lipinski definition) is 4. The molecule has 0 fully saturated rings. The first-order chi connectivity index (χ1) is 9.36. The summed E-state index contributed by atoms with van der Waals surface area (Å²) in [7, 11) is -3.68. The molecule has 3 N–H and O–H groups in total. The van der Waals surface area contributed by atoms with E-state index in [1.807, 2.05) is 0 Å². The normalized spacial score (nSPS) is 11.3. The predicted octanol–water partition coefficient (Wildman–Crippen LogP) is 2.09. The molecule has 0 spiro atoms. The van der Waals surface area contributed by atoms with Crippen molar-refractivity contribution in [3.8, 4) is 0 Å². The van der Waals surface area contributed by atoms with Crippen LogP contribution in [-0.2, 0) is 16.6 Å². The van der Waals surface area contributed by atoms with Crippen molar-refractivity contribution < 1.29 is 13.2 Å². The summed E-state index contributed by atoms with van der Waals surface area (Å²) < 4.78 is 23.1. The van der Waals surface area contributed by atoms with Crippen LogP contribution in [0.5, 0.6) is 0 Å². The quantitative estimate of drug-likeness (QED) is 0.858. The number of benzene rings is 1. The number of nitrogens with one attached hydrogen (secondary N) is 1. The first-order valence-electron chi connectivity index (χ1n) is 5.51. The molecule has 5 nitrogen and oxygen atoms in total. The molecule has 1 aromatic carbocycles. The zero-order valence-electron chi connectivity index (χ0n) is 10.2. The molecule has 0 bridgehead atoms. The van der Waals surface area contributed by atoms with Crippen LogP contribution in [0.25, 0.3) is 0 Å². The Labute approximate surface area is 129 Å². The molecule has 1 heterocycles. The highest BCUT2D eigenvalue weighted by atomic mass is 79.9. The summed E-state index contributed by atoms with van der Waals surface area (Å²) in [4.78, 5) is 12.5. The highest BCUT2D eigenvalue weighted by molar-refractivity contribution is 9.11. The number of carbonyl (C=O) groups is 1. The van der Waals surface area contributed by atoms with Crippen molar-refractivity contribution in [2.75, 3.05) is 0 Å². The lowest BCUT2D eigenvalue weighted by Crippen LogP contribution is -2.21. The fourth-order valence-electron chi connectivity index (χ4n) is 1.50. The van der Waals surface area contributed by atoms with Crippen molar-refractivity contribution in [3.63, 3.8) is 0 Å². The van der Waals surface area contributed by atoms with E-state index in [9.17, 15) is 13.2 Å². The highest BCUT2D eigenvalue weighted by Crippen LogP contribution is 2.21. The van der Waals surface area contributed by atoms with E-state index in [1.54, 1.807) is 24.3 Å². The Hall–Kier alpha value is -1.22. The zero-order chi connectivity index (χ0) is 14.8. The summed E-state index contributed by atoms with van der Waals surface area (Å²) in [6.07, 6.45) is 0. The number of hydrogen-bond donors (Lipinski definition) is 2. The van der Waals surface area contributed by atoms with Crippen LogP contribution in [0.4, 0.5) is 0 Å². The molecule has 0 unspecified atom stereocenters. The Kier molecular flexibility index (Phi) is 4.59. The van der Waals surface area contributed by atoms with Gasteiger partial charge in [0.05, 0.1) is 13.6 Å². The minimum Gasteiger partial charge on any atom is -0.347 e. The van der Waals surface area contributed by atoms with Gasteiger partial charge in [0, 0.05) is 6.54 Å². The molecule has 20 heavy (non-hydrogen) atoms. The van der Waals surface area contributed by atoms with Gasteiger partial charge in [-0.2, -0.15) is 0 Å². The number of sulfonamides is 1. The molecule has 0 atom stereocenters. The van der Waals surface area contributed by atoms with E-state index in [-0.39, 0.29) is 10.8 Å². The number of carbonyl (C=O) groups excluding carboxylic acids is 1. The van der Waals surface area contributed by atoms with Gasteiger partial charge < -0.3 is 5.32 Å². The van der Waals surface area contributed by atoms with Gasteiger partial charge in [0.1, 0.15) is 0 Å². The molecule has 8 heteroatoms. The van der Waals surface area contributed by atoms with Crippen molar-refractivity contribution in [3.05, 3.63) is 50.6 Å². The number of nitrogens with two attached hydrogens (primary N) is 1. The zero-order valence-corrected chi connectivity index (χ0v) is 13.4. The summed E-state index contributed by atoms with van der Waals surface area (Å²) in [5.74, 6) is -0.170. The van der Waals surface area contributed by atoms with E-state index in [1.165, 1.54) is 23.5 Å². The average molecular weight is 375 g/mol. The third kappa shape index (κ3) is 3.89. The predicted molar refractivity (Wildman–Crippen MR) is 81.0 cm³/mol. The molecular weight excluding hydrogens is 364 g/mol. The average Bonchev–Trinajstić information content (AvgIpc) is 2.82. The van der Waals surface area contributed by atoms with E-state index in [0.29, 0.717) is 11.4 Å². The lowest BCUT2D eigenvalue weighted by molar-refractivity contribution is 0.0955. The van der Waals surface area contributed by atoms with E-state index >= 15 is 0 Å². The van der Waals surface area contributed by atoms with Crippen molar-refractivity contribution >= 4 is 43.2 Å². The van der Waals surface area contributed by atoms with Gasteiger partial charge in [-0.05, 0) is 45.8 Å². The smallest absolute Gasteiger partial charge is 0.261 e. The van der Waals surface area contributed by atoms with E-state index in [0.717, 1.165) is 9.35 Å². The topological polar surface area (TPSA) is 89.3 Å². The molecule has 0 aliphatic carbocycles. The Morgan fingerprint density at radius 1 is 1.20 bits per heavy atom. The summed E-state index contributed by atoms with van der Waals surface area (Å²) in [6, 6.07) is 9.60. The van der Waals surface area contributed by atoms with Crippen LogP contribution in [0, 0.1) is 0 Å². The first kappa shape index (κ1) is 15.2. The molecule has 0 aliphatic rings. The van der Waals surface area contributed by atoms with Gasteiger partial charge >= 0.3 is 0 Å². The third-order valence-electron chi connectivity index (χ3n) is 2.50. The summed E-state index contributed by atoms with van der Waals surface area (Å²) in [6.45, 7) is 0.319. The van der Waals surface area contributed by atoms with Crippen LogP contribution in [0.2, 0.25) is 0 Å². The van der Waals surface area contributed by atoms with Crippen molar-refractivity contribution in [2.45, 2.75) is 11.4 Å². The molecule has 0 saturated carbocycles. The lowest BCUT2D eigenvalue weighted by Gasteiger charge is -2.05. The van der Waals surface area contributed by atoms with Crippen LogP contribution >= 0.6 is 27.3 Å². The van der Waals surface area contributed by atoms with Crippen LogP contribution in [0.1, 0.15) is 15.2 Å². The number of amides is 1. The maximum absolute atomic E-state index is 11.8. The van der Waals surface area contributed by atoms with E-state index in [4.69, 9.17) is 5.14 Å². The standard InChI is InChI=1S/C12H11BrN2O3S2/c13-11-6-5-10(19-11)12(16)15-7-8-1-3-9(4-2-8)20(14,17)18/h1-6H,7H2,(H,15,16)(H2,14,17,18). The fourth-order valence-corrected chi connectivity index (χ4v) is 3.32. The largest absolute Gasteiger partial charge is 0.347 e. The van der Waals surface area contributed by atoms with Crippen molar-refractivity contribution in [1.29, 1.82) is 0 Å². The van der Waals surface area contributed by atoms with Crippen LogP contribution in [0.15, 0.2) is 45.1 Å². The van der Waals surface area contributed by atoms with Gasteiger partial charge in [0.15, 0.2) is 0 Å². The summed E-state index contributed by atoms with van der Waals surface area (Å²) >= 11 is 4.64. The second-order valence-electron chi connectivity index (χ2n) is 3.98. The molecule has 0 aliphatic heterocycles. The fraction of sp³-hybridized carbons (Fsp3) is 0.0833. The lowest BCUT2D eigenvalue weighted by atomic mass is 10.2. The minimum absolute atomic E-state index is 0.0507. The van der Waals surface area contributed by atoms with Gasteiger partial charge in [-0.3, -0.25) is 4.79 Å². The Morgan fingerprint density at radius 2 is 1.85 bits per heavy atom. The molecule has 2 aromatic rings.